The van der Waals surface area contributed by atoms with Crippen molar-refractivity contribution in [2.75, 3.05) is 13.1 Å². The first-order valence-corrected chi connectivity index (χ1v) is 7.17. The van der Waals surface area contributed by atoms with E-state index < -0.39 is 0 Å². The Morgan fingerprint density at radius 1 is 1.31 bits per heavy atom. The molecule has 1 saturated carbocycles. The number of hydrogen-bond donors (Lipinski definition) is 0. The number of morpholine rings is 1. The van der Waals surface area contributed by atoms with Crippen LogP contribution in [-0.4, -0.2) is 39.3 Å². The van der Waals surface area contributed by atoms with Gasteiger partial charge < -0.3 is 9.64 Å². The largest absolute Gasteiger partial charge is 0.372 e. The molecule has 0 spiro atoms. The van der Waals surface area contributed by atoms with E-state index in [0.29, 0.717) is 13.1 Å². The molecule has 0 aromatic rings. The van der Waals surface area contributed by atoms with E-state index in [-0.39, 0.29) is 26.8 Å². The molecule has 1 aliphatic carbocycles. The van der Waals surface area contributed by atoms with Crippen LogP contribution in [0.3, 0.4) is 0 Å². The van der Waals surface area contributed by atoms with Gasteiger partial charge in [0, 0.05) is 13.1 Å². The van der Waals surface area contributed by atoms with Gasteiger partial charge in [0.15, 0.2) is 0 Å². The van der Waals surface area contributed by atoms with Gasteiger partial charge in [0.25, 0.3) is 0 Å². The number of carbonyl (C=O) groups is 1. The second kappa shape index (κ2) is 3.95. The van der Waals surface area contributed by atoms with E-state index in [0.717, 1.165) is 6.42 Å². The maximum atomic E-state index is 12.4. The van der Waals surface area contributed by atoms with Crippen molar-refractivity contribution in [3.05, 3.63) is 0 Å². The minimum Gasteiger partial charge on any atom is -0.372 e. The van der Waals surface area contributed by atoms with E-state index >= 15 is 0 Å². The number of alkyl halides is 2. The monoisotopic (exact) mass is 353 g/mol. The number of halogens is 2. The summed E-state index contributed by atoms with van der Waals surface area (Å²) in [5.41, 5.74) is -0.302. The van der Waals surface area contributed by atoms with Crippen molar-refractivity contribution in [3.63, 3.8) is 0 Å². The van der Waals surface area contributed by atoms with Crippen molar-refractivity contribution in [2.45, 2.75) is 42.6 Å². The van der Waals surface area contributed by atoms with E-state index in [1.54, 1.807) is 0 Å². The molecule has 16 heavy (non-hydrogen) atoms. The van der Waals surface area contributed by atoms with Gasteiger partial charge in [-0.25, -0.2) is 0 Å². The van der Waals surface area contributed by atoms with Crippen LogP contribution >= 0.6 is 31.9 Å². The number of ether oxygens (including phenoxy) is 1. The third-order valence-corrected chi connectivity index (χ3v) is 5.75. The standard InChI is InChI=1S/C11H17Br2NO2/c1-7-4-14(5-8(2)16-7)9(15)10(3)6-11(10,12)13/h7-8H,4-6H2,1-3H3/t7-,8-,10+/m1/s1. The SMILES string of the molecule is C[C@@H]1CN(C(=O)[C@]2(C)CC2(Br)Br)C[C@@H](C)O1. The molecule has 0 bridgehead atoms. The lowest BCUT2D eigenvalue weighted by Crippen LogP contribution is -2.50. The summed E-state index contributed by atoms with van der Waals surface area (Å²) in [5, 5.41) is 0. The van der Waals surface area contributed by atoms with Crippen LogP contribution in [0.1, 0.15) is 27.2 Å². The van der Waals surface area contributed by atoms with Gasteiger partial charge in [0.1, 0.15) is 0 Å². The molecule has 0 unspecified atom stereocenters. The van der Waals surface area contributed by atoms with Crippen LogP contribution in [0, 0.1) is 5.41 Å². The van der Waals surface area contributed by atoms with E-state index in [1.807, 2.05) is 25.7 Å². The summed E-state index contributed by atoms with van der Waals surface area (Å²) in [6, 6.07) is 0. The summed E-state index contributed by atoms with van der Waals surface area (Å²) in [5.74, 6) is 0.225. The van der Waals surface area contributed by atoms with Crippen LogP contribution in [-0.2, 0) is 9.53 Å². The van der Waals surface area contributed by atoms with E-state index in [1.165, 1.54) is 0 Å². The Balaban J connectivity index is 2.06. The Bertz CT molecular complexity index is 311. The molecule has 2 aliphatic rings. The minimum atomic E-state index is -0.302. The van der Waals surface area contributed by atoms with Gasteiger partial charge in [-0.1, -0.05) is 31.9 Å². The Hall–Kier alpha value is 0.390. The molecule has 0 N–H and O–H groups in total. The molecule has 1 saturated heterocycles. The summed E-state index contributed by atoms with van der Waals surface area (Å²) in [4.78, 5) is 14.3. The molecular formula is C11H17Br2NO2. The fourth-order valence-corrected chi connectivity index (χ4v) is 3.79. The molecule has 1 amide bonds. The number of carbonyl (C=O) groups excluding carboxylic acids is 1. The average Bonchev–Trinajstić information content (AvgIpc) is 2.64. The highest BCUT2D eigenvalue weighted by atomic mass is 79.9. The van der Waals surface area contributed by atoms with Gasteiger partial charge in [-0.05, 0) is 27.2 Å². The van der Waals surface area contributed by atoms with Crippen LogP contribution < -0.4 is 0 Å². The lowest BCUT2D eigenvalue weighted by atomic mass is 10.1. The summed E-state index contributed by atoms with van der Waals surface area (Å²) >= 11 is 7.09. The van der Waals surface area contributed by atoms with Crippen LogP contribution in [0.25, 0.3) is 0 Å². The molecule has 3 nitrogen and oxygen atoms in total. The predicted octanol–water partition coefficient (Wildman–Crippen LogP) is 2.52. The van der Waals surface area contributed by atoms with Crippen molar-refractivity contribution >= 4 is 37.8 Å². The first-order chi connectivity index (χ1) is 7.26. The number of amides is 1. The van der Waals surface area contributed by atoms with Crippen LogP contribution in [0.15, 0.2) is 0 Å². The molecule has 2 rings (SSSR count). The van der Waals surface area contributed by atoms with Crippen molar-refractivity contribution < 1.29 is 9.53 Å². The highest BCUT2D eigenvalue weighted by Gasteiger charge is 2.67. The Labute approximate surface area is 113 Å². The highest BCUT2D eigenvalue weighted by molar-refractivity contribution is 9.25. The normalized spacial score (nSPS) is 41.9. The first kappa shape index (κ1) is 12.8. The molecule has 1 aliphatic heterocycles. The topological polar surface area (TPSA) is 29.5 Å². The molecule has 1 heterocycles. The molecule has 5 heteroatoms. The van der Waals surface area contributed by atoms with Gasteiger partial charge in [0.2, 0.25) is 5.91 Å². The molecule has 3 atom stereocenters. The molecule has 0 aromatic heterocycles. The maximum absolute atomic E-state index is 12.4. The summed E-state index contributed by atoms with van der Waals surface area (Å²) in [6.07, 6.45) is 1.11. The number of rotatable bonds is 1. The van der Waals surface area contributed by atoms with Crippen molar-refractivity contribution in [1.29, 1.82) is 0 Å². The van der Waals surface area contributed by atoms with Crippen molar-refractivity contribution in [1.82, 2.24) is 4.90 Å². The number of hydrogen-bond acceptors (Lipinski definition) is 2. The van der Waals surface area contributed by atoms with Crippen LogP contribution in [0.4, 0.5) is 0 Å². The summed E-state index contributed by atoms with van der Waals surface area (Å²) in [6.45, 7) is 7.44. The zero-order valence-corrected chi connectivity index (χ0v) is 13.0. The molecular weight excluding hydrogens is 338 g/mol. The molecule has 92 valence electrons. The van der Waals surface area contributed by atoms with Gasteiger partial charge in [0.05, 0.1) is 20.9 Å². The second-order valence-corrected chi connectivity index (χ2v) is 8.95. The Kier molecular flexibility index (Phi) is 3.17. The molecule has 2 fully saturated rings. The average molecular weight is 355 g/mol. The quantitative estimate of drug-likeness (QED) is 0.677. The van der Waals surface area contributed by atoms with Crippen LogP contribution in [0.5, 0.6) is 0 Å². The third kappa shape index (κ3) is 2.06. The molecule has 0 aromatic carbocycles. The van der Waals surface area contributed by atoms with Crippen molar-refractivity contribution in [3.8, 4) is 0 Å². The zero-order valence-electron chi connectivity index (χ0n) is 9.80. The molecule has 0 radical (unpaired) electrons. The fourth-order valence-electron chi connectivity index (χ4n) is 2.32. The fraction of sp³-hybridized carbons (Fsp3) is 0.909. The summed E-state index contributed by atoms with van der Waals surface area (Å²) < 4.78 is 5.43. The lowest BCUT2D eigenvalue weighted by Gasteiger charge is -2.37. The van der Waals surface area contributed by atoms with Gasteiger partial charge >= 0.3 is 0 Å². The van der Waals surface area contributed by atoms with Gasteiger partial charge in [-0.15, -0.1) is 0 Å². The van der Waals surface area contributed by atoms with Crippen LogP contribution in [0.2, 0.25) is 0 Å². The van der Waals surface area contributed by atoms with Gasteiger partial charge in [-0.2, -0.15) is 0 Å². The summed E-state index contributed by atoms with van der Waals surface area (Å²) in [7, 11) is 0. The minimum absolute atomic E-state index is 0.134. The lowest BCUT2D eigenvalue weighted by molar-refractivity contribution is -0.148. The van der Waals surface area contributed by atoms with Gasteiger partial charge in [-0.3, -0.25) is 4.79 Å². The maximum Gasteiger partial charge on any atom is 0.231 e. The first-order valence-electron chi connectivity index (χ1n) is 5.59. The predicted molar refractivity (Wildman–Crippen MR) is 69.9 cm³/mol. The van der Waals surface area contributed by atoms with E-state index in [9.17, 15) is 4.79 Å². The third-order valence-electron chi connectivity index (χ3n) is 3.44. The Morgan fingerprint density at radius 2 is 1.75 bits per heavy atom. The second-order valence-electron chi connectivity index (χ2n) is 5.18. The number of nitrogens with zero attached hydrogens (tertiary/aromatic N) is 1. The zero-order chi connectivity index (χ0) is 12.1. The van der Waals surface area contributed by atoms with E-state index in [4.69, 9.17) is 4.74 Å². The van der Waals surface area contributed by atoms with Crippen molar-refractivity contribution in [2.24, 2.45) is 5.41 Å². The smallest absolute Gasteiger partial charge is 0.231 e. The Morgan fingerprint density at radius 3 is 2.12 bits per heavy atom. The van der Waals surface area contributed by atoms with E-state index in [2.05, 4.69) is 31.9 Å². The highest BCUT2D eigenvalue weighted by Crippen LogP contribution is 2.67.